The molecular formula is C20H9F29O2. The topological polar surface area (TPSA) is 40.5 Å². The molecule has 4 aliphatic carbocycles. The van der Waals surface area contributed by atoms with Crippen molar-refractivity contribution in [2.24, 2.45) is 0 Å². The lowest BCUT2D eigenvalue weighted by Crippen LogP contribution is -3.00. The lowest BCUT2D eigenvalue weighted by molar-refractivity contribution is -0.562. The first-order valence-corrected chi connectivity index (χ1v) is 11.8. The van der Waals surface area contributed by atoms with Crippen LogP contribution in [-0.2, 0) is 0 Å². The van der Waals surface area contributed by atoms with Gasteiger partial charge < -0.3 is 10.2 Å². The highest BCUT2D eigenvalue weighted by molar-refractivity contribution is 5.44. The Morgan fingerprint density at radius 3 is 0.980 bits per heavy atom. The monoisotopic (exact) mass is 832 g/mol. The van der Waals surface area contributed by atoms with Crippen LogP contribution in [0.2, 0.25) is 0 Å². The average molecular weight is 832 g/mol. The Labute approximate surface area is 258 Å². The third-order valence-corrected chi connectivity index (χ3v) is 9.08. The molecular weight excluding hydrogens is 823 g/mol. The Hall–Kier alpha value is -2.11. The second-order valence-corrected chi connectivity index (χ2v) is 11.4. The van der Waals surface area contributed by atoms with Gasteiger partial charge in [0, 0.05) is 0 Å². The molecule has 4 bridgehead atoms. The molecule has 0 aliphatic heterocycles. The largest absolute Gasteiger partial charge is 0.379 e. The predicted molar refractivity (Wildman–Crippen MR) is 98.7 cm³/mol. The van der Waals surface area contributed by atoms with Crippen LogP contribution in [0, 0.1) is 0 Å². The smallest absolute Gasteiger partial charge is 0.378 e. The lowest BCUT2D eigenvalue weighted by atomic mass is 9.51. The molecule has 0 spiro atoms. The van der Waals surface area contributed by atoms with E-state index >= 15 is 0 Å². The van der Waals surface area contributed by atoms with Gasteiger partial charge in [0.1, 0.15) is 13.3 Å². The number of halogens is 29. The minimum atomic E-state index is -7.94. The van der Waals surface area contributed by atoms with E-state index in [9.17, 15) is 123 Å². The van der Waals surface area contributed by atoms with Crippen molar-refractivity contribution in [1.29, 1.82) is 0 Å². The summed E-state index contributed by atoms with van der Waals surface area (Å²) in [6.07, 6.45) is -3.69. The van der Waals surface area contributed by atoms with Gasteiger partial charge in [-0.25, -0.2) is 26.3 Å². The van der Waals surface area contributed by atoms with E-state index in [1.165, 1.54) is 0 Å². The molecule has 304 valence electrons. The van der Waals surface area contributed by atoms with Crippen molar-refractivity contribution in [3.8, 4) is 0 Å². The van der Waals surface area contributed by atoms with Gasteiger partial charge in [0.25, 0.3) is 16.9 Å². The summed E-state index contributed by atoms with van der Waals surface area (Å²) in [7, 11) is 0. The Bertz CT molecular complexity index is 1380. The van der Waals surface area contributed by atoms with Gasteiger partial charge in [0.15, 0.2) is 0 Å². The molecule has 4 aliphatic rings. The third-order valence-electron chi connectivity index (χ3n) is 9.08. The fraction of sp³-hybridized carbons (Fsp3) is 1.00. The SMILES string of the molecule is F.OC12C(F)(F)C(F)(F)C(F)(F)C(F)(C(F)(F)C(F)(CF)C1(F)F)C2(F)F.OC12CC(F)(F)C(F)(F)C(F)(C1(F)F)C(F)(F)C(F)(CF)C2(F)F. The first kappa shape index (κ1) is 45.0. The average Bonchev–Trinajstić information content (AvgIpc) is 2.94. The van der Waals surface area contributed by atoms with Crippen LogP contribution in [0.3, 0.4) is 0 Å². The van der Waals surface area contributed by atoms with E-state index in [1.807, 2.05) is 0 Å². The minimum Gasteiger partial charge on any atom is -0.378 e. The molecule has 2 nitrogen and oxygen atoms in total. The minimum absolute atomic E-state index is 0. The summed E-state index contributed by atoms with van der Waals surface area (Å²) < 4.78 is 379. The van der Waals surface area contributed by atoms with Crippen LogP contribution < -0.4 is 0 Å². The Morgan fingerprint density at radius 2 is 0.647 bits per heavy atom. The van der Waals surface area contributed by atoms with Crippen molar-refractivity contribution in [3.63, 3.8) is 0 Å². The molecule has 6 unspecified atom stereocenters. The van der Waals surface area contributed by atoms with Crippen LogP contribution in [0.1, 0.15) is 6.42 Å². The van der Waals surface area contributed by atoms with Crippen LogP contribution in [0.4, 0.5) is 128 Å². The molecule has 0 aromatic heterocycles. The summed E-state index contributed by atoms with van der Waals surface area (Å²) in [4.78, 5) is 0. The number of hydrogen-bond donors (Lipinski definition) is 2. The van der Waals surface area contributed by atoms with Gasteiger partial charge >= 0.3 is 76.5 Å². The van der Waals surface area contributed by atoms with Crippen molar-refractivity contribution in [1.82, 2.24) is 0 Å². The highest BCUT2D eigenvalue weighted by Gasteiger charge is 3.14. The van der Waals surface area contributed by atoms with Gasteiger partial charge in [0.05, 0.1) is 6.42 Å². The first-order chi connectivity index (χ1) is 21.3. The highest BCUT2D eigenvalue weighted by atomic mass is 19.4. The zero-order chi connectivity index (χ0) is 40.6. The van der Waals surface area contributed by atoms with E-state index in [2.05, 4.69) is 0 Å². The van der Waals surface area contributed by atoms with Gasteiger partial charge in [0.2, 0.25) is 5.60 Å². The van der Waals surface area contributed by atoms with Gasteiger partial charge in [-0.3, -0.25) is 4.70 Å². The highest BCUT2D eigenvalue weighted by Crippen LogP contribution is 2.80. The fourth-order valence-corrected chi connectivity index (χ4v) is 5.94. The maximum atomic E-state index is 14.1. The van der Waals surface area contributed by atoms with E-state index in [0.29, 0.717) is 0 Å². The molecule has 0 aromatic rings. The van der Waals surface area contributed by atoms with E-state index in [1.54, 1.807) is 0 Å². The van der Waals surface area contributed by atoms with E-state index in [4.69, 9.17) is 10.2 Å². The zero-order valence-electron chi connectivity index (χ0n) is 22.5. The summed E-state index contributed by atoms with van der Waals surface area (Å²) in [5.41, 5.74) is -42.2. The molecule has 4 saturated carbocycles. The van der Waals surface area contributed by atoms with Gasteiger partial charge in [-0.1, -0.05) is 0 Å². The maximum absolute atomic E-state index is 14.1. The fourth-order valence-electron chi connectivity index (χ4n) is 5.94. The van der Waals surface area contributed by atoms with E-state index < -0.39 is 119 Å². The van der Waals surface area contributed by atoms with Crippen LogP contribution in [0.15, 0.2) is 0 Å². The molecule has 6 atom stereocenters. The second-order valence-electron chi connectivity index (χ2n) is 11.4. The molecule has 51 heavy (non-hydrogen) atoms. The van der Waals surface area contributed by atoms with Crippen molar-refractivity contribution in [2.45, 2.75) is 105 Å². The molecule has 2 N–H and O–H groups in total. The lowest BCUT2D eigenvalue weighted by Gasteiger charge is -2.65. The Morgan fingerprint density at radius 1 is 0.333 bits per heavy atom. The van der Waals surface area contributed by atoms with Crippen LogP contribution >= 0.6 is 0 Å². The van der Waals surface area contributed by atoms with Crippen LogP contribution in [-0.4, -0.2) is 123 Å². The summed E-state index contributed by atoms with van der Waals surface area (Å²) in [5.74, 6) is -81.1. The van der Waals surface area contributed by atoms with Crippen molar-refractivity contribution in [2.75, 3.05) is 13.3 Å². The number of fused-ring (bicyclic) bond motifs is 4. The molecule has 0 heterocycles. The van der Waals surface area contributed by atoms with Gasteiger partial charge in [-0.2, -0.15) is 96.6 Å². The zero-order valence-corrected chi connectivity index (χ0v) is 22.5. The first-order valence-electron chi connectivity index (χ1n) is 11.8. The van der Waals surface area contributed by atoms with Gasteiger partial charge in [-0.15, -0.1) is 0 Å². The second kappa shape index (κ2) is 9.95. The summed E-state index contributed by atoms with van der Waals surface area (Å²) in [6.45, 7) is -7.80. The van der Waals surface area contributed by atoms with Gasteiger partial charge in [-0.05, 0) is 0 Å². The van der Waals surface area contributed by atoms with Crippen LogP contribution in [0.5, 0.6) is 0 Å². The number of aliphatic hydroxyl groups is 2. The maximum Gasteiger partial charge on any atom is 0.379 e. The molecule has 4 rings (SSSR count). The predicted octanol–water partition coefficient (Wildman–Crippen LogP) is 7.79. The van der Waals surface area contributed by atoms with Crippen molar-refractivity contribution >= 4 is 0 Å². The Kier molecular flexibility index (Phi) is 8.79. The Balaban J connectivity index is 0.000000348. The van der Waals surface area contributed by atoms with E-state index in [0.717, 1.165) is 0 Å². The summed E-state index contributed by atoms with van der Waals surface area (Å²) >= 11 is 0. The molecule has 4 fully saturated rings. The molecule has 0 aromatic carbocycles. The number of rotatable bonds is 2. The number of alkyl halides is 28. The molecule has 0 amide bonds. The van der Waals surface area contributed by atoms with E-state index in [-0.39, 0.29) is 4.70 Å². The standard InChI is InChI=1S/C10H3F15O.C10H5F13O.FH/c11-1-2(12)5(14,15)3(13)7(18,19)4(26,6(2,16)17)9(22,23)10(24,25)8(3,20)21;11-2-3(12)7(16,17)4(24)1-5(13,14)10(22,23)6(15,8(3,18)19)9(4,20)21;/h26H,1H2;24H,1-2H2;1H. The summed E-state index contributed by atoms with van der Waals surface area (Å²) in [6, 6.07) is 0. The normalized spacial score (nSPS) is 46.0. The van der Waals surface area contributed by atoms with Crippen molar-refractivity contribution in [3.05, 3.63) is 0 Å². The summed E-state index contributed by atoms with van der Waals surface area (Å²) in [5, 5.41) is 18.0. The molecule has 0 radical (unpaired) electrons. The van der Waals surface area contributed by atoms with Crippen LogP contribution in [0.25, 0.3) is 0 Å². The molecule has 31 heteroatoms. The quantitative estimate of drug-likeness (QED) is 0.279. The molecule has 0 saturated heterocycles. The van der Waals surface area contributed by atoms with Crippen molar-refractivity contribution < 1.29 is 138 Å². The number of hydrogen-bond acceptors (Lipinski definition) is 2. The third kappa shape index (κ3) is 3.41.